The quantitative estimate of drug-likeness (QED) is 0.511. The topological polar surface area (TPSA) is 142 Å². The number of ether oxygens (including phenoxy) is 1. The lowest BCUT2D eigenvalue weighted by molar-refractivity contribution is 0.0686. The summed E-state index contributed by atoms with van der Waals surface area (Å²) >= 11 is 1.14. The standard InChI is InChI=1S/C17H12FN3O6S/c18-10-4-2-1-3-8(10)5-27-17(26)19-11-7-28-6-9(11)14-20-12(16(24)25)13(22)15(23)21-14/h1-4,6-7,22H,5H2,(H,19,26)(H,24,25)(H,20,21,23). The zero-order valence-corrected chi connectivity index (χ0v) is 14.7. The molecule has 0 atom stereocenters. The Bertz CT molecular complexity index is 1110. The Morgan fingerprint density at radius 1 is 1.29 bits per heavy atom. The Morgan fingerprint density at radius 3 is 2.75 bits per heavy atom. The molecule has 1 aromatic carbocycles. The summed E-state index contributed by atoms with van der Waals surface area (Å²) in [5.41, 5.74) is -1.26. The first-order valence-electron chi connectivity index (χ1n) is 7.67. The summed E-state index contributed by atoms with van der Waals surface area (Å²) in [5.74, 6) is -3.28. The predicted molar refractivity (Wildman–Crippen MR) is 97.0 cm³/mol. The summed E-state index contributed by atoms with van der Waals surface area (Å²) in [5, 5.41) is 24.0. The number of aromatic hydroxyl groups is 1. The number of nitrogens with one attached hydrogen (secondary N) is 2. The van der Waals surface area contributed by atoms with E-state index in [0.29, 0.717) is 0 Å². The van der Waals surface area contributed by atoms with Crippen LogP contribution in [-0.4, -0.2) is 32.2 Å². The molecule has 9 nitrogen and oxygen atoms in total. The van der Waals surface area contributed by atoms with Crippen molar-refractivity contribution in [2.45, 2.75) is 6.61 Å². The van der Waals surface area contributed by atoms with Gasteiger partial charge in [0.25, 0.3) is 5.56 Å². The van der Waals surface area contributed by atoms with E-state index in [1.54, 1.807) is 6.07 Å². The molecule has 0 fully saturated rings. The van der Waals surface area contributed by atoms with Gasteiger partial charge in [-0.3, -0.25) is 10.1 Å². The van der Waals surface area contributed by atoms with Crippen LogP contribution in [0.4, 0.5) is 14.9 Å². The molecule has 3 aromatic rings. The number of carbonyl (C=O) groups is 2. The van der Waals surface area contributed by atoms with Crippen LogP contribution in [0.5, 0.6) is 5.75 Å². The Balaban J connectivity index is 1.79. The van der Waals surface area contributed by atoms with Crippen LogP contribution in [0.2, 0.25) is 0 Å². The molecule has 28 heavy (non-hydrogen) atoms. The van der Waals surface area contributed by atoms with Crippen LogP contribution in [0.15, 0.2) is 39.8 Å². The molecule has 0 aliphatic carbocycles. The number of aromatic amines is 1. The van der Waals surface area contributed by atoms with Gasteiger partial charge in [-0.15, -0.1) is 11.3 Å². The van der Waals surface area contributed by atoms with E-state index in [0.717, 1.165) is 11.3 Å². The van der Waals surface area contributed by atoms with Crippen molar-refractivity contribution < 1.29 is 28.9 Å². The molecule has 4 N–H and O–H groups in total. The third-order valence-electron chi connectivity index (χ3n) is 3.57. The number of amides is 1. The molecule has 0 aliphatic rings. The minimum Gasteiger partial charge on any atom is -0.501 e. The van der Waals surface area contributed by atoms with Crippen LogP contribution in [0.3, 0.4) is 0 Å². The van der Waals surface area contributed by atoms with Crippen molar-refractivity contribution in [3.63, 3.8) is 0 Å². The van der Waals surface area contributed by atoms with Gasteiger partial charge in [-0.05, 0) is 6.07 Å². The molecular weight excluding hydrogens is 393 g/mol. The van der Waals surface area contributed by atoms with Crippen molar-refractivity contribution in [1.82, 2.24) is 9.97 Å². The maximum absolute atomic E-state index is 13.6. The van der Waals surface area contributed by atoms with Crippen molar-refractivity contribution in [3.8, 4) is 17.1 Å². The second kappa shape index (κ2) is 7.88. The average molecular weight is 405 g/mol. The highest BCUT2D eigenvalue weighted by Crippen LogP contribution is 2.30. The van der Waals surface area contributed by atoms with E-state index in [1.165, 1.54) is 29.0 Å². The van der Waals surface area contributed by atoms with Crippen LogP contribution < -0.4 is 10.9 Å². The molecule has 0 saturated carbocycles. The number of rotatable bonds is 5. The molecule has 144 valence electrons. The van der Waals surface area contributed by atoms with E-state index in [4.69, 9.17) is 9.84 Å². The third kappa shape index (κ3) is 3.99. The number of hydrogen-bond acceptors (Lipinski definition) is 7. The van der Waals surface area contributed by atoms with Crippen molar-refractivity contribution in [1.29, 1.82) is 0 Å². The molecule has 11 heteroatoms. The summed E-state index contributed by atoms with van der Waals surface area (Å²) in [4.78, 5) is 40.8. The number of thiophene rings is 1. The molecule has 2 aromatic heterocycles. The molecule has 0 spiro atoms. The Kier molecular flexibility index (Phi) is 5.36. The molecule has 2 heterocycles. The second-order valence-electron chi connectivity index (χ2n) is 5.41. The molecule has 1 amide bonds. The normalized spacial score (nSPS) is 10.5. The number of aromatic carboxylic acids is 1. The van der Waals surface area contributed by atoms with E-state index in [-0.39, 0.29) is 29.2 Å². The van der Waals surface area contributed by atoms with Crippen LogP contribution in [0, 0.1) is 5.82 Å². The lowest BCUT2D eigenvalue weighted by Crippen LogP contribution is -2.16. The molecule has 3 rings (SSSR count). The molecule has 0 aliphatic heterocycles. The van der Waals surface area contributed by atoms with Crippen LogP contribution in [-0.2, 0) is 11.3 Å². The first-order chi connectivity index (χ1) is 13.4. The number of hydrogen-bond donors (Lipinski definition) is 4. The molecule has 0 unspecified atom stereocenters. The zero-order chi connectivity index (χ0) is 20.3. The number of aromatic nitrogens is 2. The highest BCUT2D eigenvalue weighted by atomic mass is 32.1. The minimum atomic E-state index is -1.58. The minimum absolute atomic E-state index is 0.161. The fourth-order valence-corrected chi connectivity index (χ4v) is 2.99. The number of carbonyl (C=O) groups excluding carboxylic acids is 1. The molecule has 0 radical (unpaired) electrons. The van der Waals surface area contributed by atoms with E-state index < -0.39 is 34.9 Å². The highest BCUT2D eigenvalue weighted by molar-refractivity contribution is 7.08. The number of carboxylic acid groups (broad SMARTS) is 1. The van der Waals surface area contributed by atoms with Crippen LogP contribution in [0.25, 0.3) is 11.4 Å². The molecule has 0 bridgehead atoms. The van der Waals surface area contributed by atoms with Crippen molar-refractivity contribution in [3.05, 3.63) is 62.5 Å². The van der Waals surface area contributed by atoms with Crippen LogP contribution >= 0.6 is 11.3 Å². The predicted octanol–water partition coefficient (Wildman–Crippen LogP) is 2.79. The van der Waals surface area contributed by atoms with Gasteiger partial charge in [0.05, 0.1) is 11.3 Å². The lowest BCUT2D eigenvalue weighted by Gasteiger charge is -2.09. The van der Waals surface area contributed by atoms with Crippen molar-refractivity contribution in [2.75, 3.05) is 5.32 Å². The SMILES string of the molecule is O=C(Nc1cscc1-c1nc(C(=O)O)c(O)c(=O)[nH]1)OCc1ccccc1F. The van der Waals surface area contributed by atoms with Gasteiger partial charge in [0, 0.05) is 16.3 Å². The van der Waals surface area contributed by atoms with Crippen LogP contribution in [0.1, 0.15) is 16.1 Å². The van der Waals surface area contributed by atoms with Gasteiger partial charge in [0.15, 0.2) is 5.69 Å². The summed E-state index contributed by atoms with van der Waals surface area (Å²) in [7, 11) is 0. The van der Waals surface area contributed by atoms with Gasteiger partial charge in [0.1, 0.15) is 18.2 Å². The van der Waals surface area contributed by atoms with Crippen molar-refractivity contribution in [2.24, 2.45) is 0 Å². The molecular formula is C17H12FN3O6S. The number of benzene rings is 1. The Hall–Kier alpha value is -3.73. The number of H-pyrrole nitrogens is 1. The summed E-state index contributed by atoms with van der Waals surface area (Å²) < 4.78 is 18.5. The number of halogens is 1. The third-order valence-corrected chi connectivity index (χ3v) is 4.31. The maximum atomic E-state index is 13.6. The number of nitrogens with zero attached hydrogens (tertiary/aromatic N) is 1. The Labute approximate surface area is 160 Å². The highest BCUT2D eigenvalue weighted by Gasteiger charge is 2.20. The van der Waals surface area contributed by atoms with Gasteiger partial charge < -0.3 is 19.9 Å². The zero-order valence-electron chi connectivity index (χ0n) is 13.9. The number of anilines is 1. The van der Waals surface area contributed by atoms with Gasteiger partial charge in [-0.25, -0.2) is 19.0 Å². The second-order valence-corrected chi connectivity index (χ2v) is 6.15. The maximum Gasteiger partial charge on any atom is 0.412 e. The fraction of sp³-hybridized carbons (Fsp3) is 0.0588. The average Bonchev–Trinajstić information content (AvgIpc) is 3.11. The first kappa shape index (κ1) is 19.0. The van der Waals surface area contributed by atoms with E-state index in [9.17, 15) is 23.9 Å². The van der Waals surface area contributed by atoms with Gasteiger partial charge in [0.2, 0.25) is 5.75 Å². The lowest BCUT2D eigenvalue weighted by atomic mass is 10.2. The van der Waals surface area contributed by atoms with E-state index >= 15 is 0 Å². The van der Waals surface area contributed by atoms with Crippen molar-refractivity contribution >= 4 is 29.1 Å². The number of carboxylic acids is 1. The monoisotopic (exact) mass is 405 g/mol. The summed E-state index contributed by atoms with van der Waals surface area (Å²) in [6, 6.07) is 5.81. The fourth-order valence-electron chi connectivity index (χ4n) is 2.23. The molecule has 0 saturated heterocycles. The summed E-state index contributed by atoms with van der Waals surface area (Å²) in [6.07, 6.45) is -0.887. The van der Waals surface area contributed by atoms with Gasteiger partial charge >= 0.3 is 12.1 Å². The largest absolute Gasteiger partial charge is 0.501 e. The smallest absolute Gasteiger partial charge is 0.412 e. The Morgan fingerprint density at radius 2 is 2.04 bits per heavy atom. The van der Waals surface area contributed by atoms with E-state index in [2.05, 4.69) is 15.3 Å². The van der Waals surface area contributed by atoms with Gasteiger partial charge in [-0.2, -0.15) is 0 Å². The van der Waals surface area contributed by atoms with Gasteiger partial charge in [-0.1, -0.05) is 18.2 Å². The van der Waals surface area contributed by atoms with E-state index in [1.807, 2.05) is 0 Å². The summed E-state index contributed by atoms with van der Waals surface area (Å²) in [6.45, 7) is -0.296. The first-order valence-corrected chi connectivity index (χ1v) is 8.61.